The van der Waals surface area contributed by atoms with E-state index in [4.69, 9.17) is 44.3 Å². The maximum Gasteiger partial charge on any atom is 0.162 e. The normalized spacial score (nSPS) is 10.4. The molecule has 0 spiro atoms. The molecular weight excluding hydrogens is 349 g/mol. The van der Waals surface area contributed by atoms with E-state index in [-0.39, 0.29) is 15.8 Å². The molecule has 0 fully saturated rings. The predicted octanol–water partition coefficient (Wildman–Crippen LogP) is 4.98. The molecule has 0 heterocycles. The van der Waals surface area contributed by atoms with Gasteiger partial charge >= 0.3 is 0 Å². The highest BCUT2D eigenvalue weighted by Gasteiger charge is 2.11. The minimum atomic E-state index is -0.141. The first-order valence-corrected chi connectivity index (χ1v) is 7.42. The van der Waals surface area contributed by atoms with E-state index in [1.807, 2.05) is 0 Å². The lowest BCUT2D eigenvalue weighted by Gasteiger charge is -2.13. The molecule has 0 saturated carbocycles. The van der Waals surface area contributed by atoms with E-state index in [1.165, 1.54) is 0 Å². The lowest BCUT2D eigenvalue weighted by atomic mass is 10.2. The number of hydrogen-bond donors (Lipinski definition) is 2. The standard InChI is InChI=1S/C15H14Cl3NO3/c1-21-13-3-8(10(16)6-14(13)22-2)7-19-9-4-11(17)15(20)12(18)5-9/h3-6,19-20H,7H2,1-2H3. The van der Waals surface area contributed by atoms with Crippen LogP contribution in [0.1, 0.15) is 5.56 Å². The van der Waals surface area contributed by atoms with Gasteiger partial charge in [-0.3, -0.25) is 0 Å². The second-order valence-electron chi connectivity index (χ2n) is 4.44. The average Bonchev–Trinajstić information content (AvgIpc) is 2.50. The van der Waals surface area contributed by atoms with Gasteiger partial charge in [0.1, 0.15) is 0 Å². The van der Waals surface area contributed by atoms with E-state index in [1.54, 1.807) is 38.5 Å². The Morgan fingerprint density at radius 1 is 0.909 bits per heavy atom. The summed E-state index contributed by atoms with van der Waals surface area (Å²) in [6.07, 6.45) is 0. The van der Waals surface area contributed by atoms with Gasteiger partial charge in [-0.1, -0.05) is 34.8 Å². The number of hydrogen-bond acceptors (Lipinski definition) is 4. The van der Waals surface area contributed by atoms with Crippen LogP contribution >= 0.6 is 34.8 Å². The van der Waals surface area contributed by atoms with E-state index < -0.39 is 0 Å². The molecule has 2 N–H and O–H groups in total. The number of rotatable bonds is 5. The van der Waals surface area contributed by atoms with E-state index in [9.17, 15) is 5.11 Å². The molecule has 2 aromatic carbocycles. The molecule has 118 valence electrons. The highest BCUT2D eigenvalue weighted by atomic mass is 35.5. The van der Waals surface area contributed by atoms with Gasteiger partial charge in [0.25, 0.3) is 0 Å². The lowest BCUT2D eigenvalue weighted by molar-refractivity contribution is 0.354. The maximum absolute atomic E-state index is 9.54. The minimum absolute atomic E-state index is 0.141. The van der Waals surface area contributed by atoms with E-state index >= 15 is 0 Å². The zero-order chi connectivity index (χ0) is 16.3. The Morgan fingerprint density at radius 3 is 2.00 bits per heavy atom. The molecule has 0 aliphatic heterocycles. The van der Waals surface area contributed by atoms with Crippen molar-refractivity contribution in [1.29, 1.82) is 0 Å². The average molecular weight is 363 g/mol. The first kappa shape index (κ1) is 16.9. The third-order valence-electron chi connectivity index (χ3n) is 3.05. The van der Waals surface area contributed by atoms with Crippen molar-refractivity contribution in [3.8, 4) is 17.2 Å². The molecule has 0 aliphatic rings. The summed E-state index contributed by atoms with van der Waals surface area (Å²) in [6, 6.07) is 6.64. The number of halogens is 3. The van der Waals surface area contributed by atoms with Crippen LogP contribution in [0.15, 0.2) is 24.3 Å². The third kappa shape index (κ3) is 3.64. The summed E-state index contributed by atoms with van der Waals surface area (Å²) in [6.45, 7) is 0.427. The Bertz CT molecular complexity index is 669. The zero-order valence-corrected chi connectivity index (χ0v) is 14.2. The lowest BCUT2D eigenvalue weighted by Crippen LogP contribution is -2.01. The molecule has 0 amide bonds. The fourth-order valence-electron chi connectivity index (χ4n) is 1.90. The van der Waals surface area contributed by atoms with Gasteiger partial charge in [0.05, 0.1) is 24.3 Å². The Balaban J connectivity index is 2.21. The molecule has 7 heteroatoms. The van der Waals surface area contributed by atoms with Crippen LogP contribution < -0.4 is 14.8 Å². The molecule has 0 atom stereocenters. The Morgan fingerprint density at radius 2 is 1.45 bits per heavy atom. The van der Waals surface area contributed by atoms with Crippen molar-refractivity contribution < 1.29 is 14.6 Å². The van der Waals surface area contributed by atoms with Gasteiger partial charge in [-0.15, -0.1) is 0 Å². The van der Waals surface area contributed by atoms with Gasteiger partial charge in [0.2, 0.25) is 0 Å². The van der Waals surface area contributed by atoms with Crippen molar-refractivity contribution >= 4 is 40.5 Å². The van der Waals surface area contributed by atoms with Gasteiger partial charge in [0, 0.05) is 23.3 Å². The highest BCUT2D eigenvalue weighted by molar-refractivity contribution is 6.37. The van der Waals surface area contributed by atoms with Crippen LogP contribution in [0.25, 0.3) is 0 Å². The Labute approximate surface area is 143 Å². The maximum atomic E-state index is 9.54. The first-order valence-electron chi connectivity index (χ1n) is 6.28. The van der Waals surface area contributed by atoms with Gasteiger partial charge < -0.3 is 19.9 Å². The molecule has 4 nitrogen and oxygen atoms in total. The van der Waals surface area contributed by atoms with Crippen molar-refractivity contribution in [3.05, 3.63) is 44.9 Å². The molecule has 0 bridgehead atoms. The minimum Gasteiger partial charge on any atom is -0.505 e. The quantitative estimate of drug-likeness (QED) is 0.736. The summed E-state index contributed by atoms with van der Waals surface area (Å²) in [5.41, 5.74) is 1.48. The molecule has 0 aromatic heterocycles. The molecule has 2 rings (SSSR count). The second-order valence-corrected chi connectivity index (χ2v) is 5.66. The highest BCUT2D eigenvalue weighted by Crippen LogP contribution is 2.36. The number of aromatic hydroxyl groups is 1. The van der Waals surface area contributed by atoms with E-state index in [0.29, 0.717) is 28.8 Å². The summed E-state index contributed by atoms with van der Waals surface area (Å²) in [5, 5.41) is 13.6. The fraction of sp³-hybridized carbons (Fsp3) is 0.200. The molecule has 22 heavy (non-hydrogen) atoms. The topological polar surface area (TPSA) is 50.7 Å². The second kappa shape index (κ2) is 7.18. The molecule has 0 aliphatic carbocycles. The summed E-state index contributed by atoms with van der Waals surface area (Å²) >= 11 is 18.0. The molecule has 2 aromatic rings. The van der Waals surface area contributed by atoms with Crippen molar-refractivity contribution in [2.45, 2.75) is 6.54 Å². The fourth-order valence-corrected chi connectivity index (χ4v) is 2.60. The van der Waals surface area contributed by atoms with E-state index in [2.05, 4.69) is 5.32 Å². The van der Waals surface area contributed by atoms with Crippen molar-refractivity contribution in [2.75, 3.05) is 19.5 Å². The van der Waals surface area contributed by atoms with Crippen LogP contribution in [-0.2, 0) is 6.54 Å². The van der Waals surface area contributed by atoms with Gasteiger partial charge in [0.15, 0.2) is 17.2 Å². The monoisotopic (exact) mass is 361 g/mol. The first-order chi connectivity index (χ1) is 10.5. The smallest absolute Gasteiger partial charge is 0.162 e. The Hall–Kier alpha value is -1.49. The summed E-state index contributed by atoms with van der Waals surface area (Å²) in [7, 11) is 3.11. The number of ether oxygens (including phenoxy) is 2. The van der Waals surface area contributed by atoms with Crippen molar-refractivity contribution in [3.63, 3.8) is 0 Å². The molecule has 0 radical (unpaired) electrons. The Kier molecular flexibility index (Phi) is 5.51. The van der Waals surface area contributed by atoms with Gasteiger partial charge in [-0.05, 0) is 23.8 Å². The van der Waals surface area contributed by atoms with Crippen molar-refractivity contribution in [1.82, 2.24) is 0 Å². The van der Waals surface area contributed by atoms with Gasteiger partial charge in [-0.25, -0.2) is 0 Å². The number of methoxy groups -OCH3 is 2. The van der Waals surface area contributed by atoms with Crippen LogP contribution in [0.3, 0.4) is 0 Å². The molecule has 0 saturated heterocycles. The summed E-state index contributed by atoms with van der Waals surface area (Å²) in [5.74, 6) is 1.01. The summed E-state index contributed by atoms with van der Waals surface area (Å²) in [4.78, 5) is 0. The van der Waals surface area contributed by atoms with Crippen LogP contribution in [0.5, 0.6) is 17.2 Å². The summed E-state index contributed by atoms with van der Waals surface area (Å²) < 4.78 is 10.4. The number of phenols is 1. The van der Waals surface area contributed by atoms with Crippen molar-refractivity contribution in [2.24, 2.45) is 0 Å². The number of phenolic OH excluding ortho intramolecular Hbond substituents is 1. The van der Waals surface area contributed by atoms with Gasteiger partial charge in [-0.2, -0.15) is 0 Å². The van der Waals surface area contributed by atoms with Crippen LogP contribution in [0, 0.1) is 0 Å². The van der Waals surface area contributed by atoms with E-state index in [0.717, 1.165) is 5.56 Å². The third-order valence-corrected chi connectivity index (χ3v) is 3.98. The largest absolute Gasteiger partial charge is 0.505 e. The number of anilines is 1. The van der Waals surface area contributed by atoms with Crippen LogP contribution in [0.4, 0.5) is 5.69 Å². The zero-order valence-electron chi connectivity index (χ0n) is 11.9. The van der Waals surface area contributed by atoms with Crippen LogP contribution in [-0.4, -0.2) is 19.3 Å². The number of benzene rings is 2. The predicted molar refractivity (Wildman–Crippen MR) is 90.0 cm³/mol. The molecule has 0 unspecified atom stereocenters. The SMILES string of the molecule is COc1cc(Cl)c(CNc2cc(Cl)c(O)c(Cl)c2)cc1OC. The number of nitrogens with one attached hydrogen (secondary N) is 1. The van der Waals surface area contributed by atoms with Crippen LogP contribution in [0.2, 0.25) is 15.1 Å². The molecular formula is C15H14Cl3NO3.